The van der Waals surface area contributed by atoms with E-state index in [1.54, 1.807) is 18.2 Å². The Morgan fingerprint density at radius 2 is 1.93 bits per heavy atom. The molecule has 1 aromatic carbocycles. The van der Waals surface area contributed by atoms with Gasteiger partial charge in [-0.3, -0.25) is 4.79 Å². The second kappa shape index (κ2) is 3.37. The summed E-state index contributed by atoms with van der Waals surface area (Å²) in [5.74, 6) is -1.17. The Kier molecular flexibility index (Phi) is 2.41. The molecule has 15 heavy (non-hydrogen) atoms. The Bertz CT molecular complexity index is 415. The topological polar surface area (TPSA) is 63.3 Å². The second-order valence-electron chi connectivity index (χ2n) is 3.81. The van der Waals surface area contributed by atoms with Crippen molar-refractivity contribution in [2.75, 3.05) is 0 Å². The fraction of sp³-hybridized carbons (Fsp3) is 0.300. The standard InChI is InChI=1S/C10H9Cl2NO2/c11-6-1-5(2-7(12)3-6)8-4-10(8,13)9(14)15/h1-3,8H,4,13H2,(H,14,15)/t8-,10-/m1/s1. The number of hydrogen-bond donors (Lipinski definition) is 2. The van der Waals surface area contributed by atoms with Crippen molar-refractivity contribution in [2.45, 2.75) is 17.9 Å². The molecule has 0 unspecified atom stereocenters. The quantitative estimate of drug-likeness (QED) is 0.841. The summed E-state index contributed by atoms with van der Waals surface area (Å²) in [7, 11) is 0. The molecule has 0 heterocycles. The maximum absolute atomic E-state index is 10.8. The molecule has 5 heteroatoms. The van der Waals surface area contributed by atoms with E-state index in [9.17, 15) is 4.79 Å². The molecule has 3 N–H and O–H groups in total. The fourth-order valence-corrected chi connectivity index (χ4v) is 2.25. The monoisotopic (exact) mass is 245 g/mol. The highest BCUT2D eigenvalue weighted by atomic mass is 35.5. The van der Waals surface area contributed by atoms with Crippen LogP contribution >= 0.6 is 23.2 Å². The van der Waals surface area contributed by atoms with Crippen molar-refractivity contribution in [1.82, 2.24) is 0 Å². The number of hydrogen-bond acceptors (Lipinski definition) is 2. The fourth-order valence-electron chi connectivity index (χ4n) is 1.71. The van der Waals surface area contributed by atoms with Gasteiger partial charge in [-0.15, -0.1) is 0 Å². The molecule has 0 spiro atoms. The van der Waals surface area contributed by atoms with E-state index in [2.05, 4.69) is 0 Å². The first-order valence-corrected chi connectivity index (χ1v) is 5.17. The first-order chi connectivity index (χ1) is 6.93. The van der Waals surface area contributed by atoms with E-state index < -0.39 is 11.5 Å². The molecular formula is C10H9Cl2NO2. The number of rotatable bonds is 2. The molecular weight excluding hydrogens is 237 g/mol. The van der Waals surface area contributed by atoms with Crippen LogP contribution < -0.4 is 5.73 Å². The number of carboxylic acid groups (broad SMARTS) is 1. The molecule has 80 valence electrons. The Labute approximate surface area is 96.8 Å². The summed E-state index contributed by atoms with van der Waals surface area (Å²) in [6.45, 7) is 0. The molecule has 0 aromatic heterocycles. The molecule has 1 aromatic rings. The second-order valence-corrected chi connectivity index (χ2v) is 4.68. The first kappa shape index (κ1) is 10.7. The maximum atomic E-state index is 10.8. The summed E-state index contributed by atoms with van der Waals surface area (Å²) in [4.78, 5) is 10.8. The lowest BCUT2D eigenvalue weighted by molar-refractivity contribution is -0.139. The van der Waals surface area contributed by atoms with Crippen LogP contribution in [0.3, 0.4) is 0 Å². The Balaban J connectivity index is 2.30. The van der Waals surface area contributed by atoms with E-state index >= 15 is 0 Å². The van der Waals surface area contributed by atoms with E-state index in [1.807, 2.05) is 0 Å². The average Bonchev–Trinajstić information content (AvgIpc) is 2.78. The van der Waals surface area contributed by atoms with Crippen LogP contribution in [0.2, 0.25) is 10.0 Å². The van der Waals surface area contributed by atoms with Crippen LogP contribution in [0.4, 0.5) is 0 Å². The molecule has 0 amide bonds. The number of benzene rings is 1. The zero-order valence-electron chi connectivity index (χ0n) is 7.71. The van der Waals surface area contributed by atoms with Crippen LogP contribution in [0, 0.1) is 0 Å². The number of halogens is 2. The number of aliphatic carboxylic acids is 1. The van der Waals surface area contributed by atoms with E-state index in [1.165, 1.54) is 0 Å². The summed E-state index contributed by atoms with van der Waals surface area (Å²) < 4.78 is 0. The van der Waals surface area contributed by atoms with Crippen LogP contribution in [-0.4, -0.2) is 16.6 Å². The molecule has 0 radical (unpaired) electrons. The number of carboxylic acids is 1. The van der Waals surface area contributed by atoms with E-state index in [0.717, 1.165) is 5.56 Å². The van der Waals surface area contributed by atoms with Gasteiger partial charge in [0.15, 0.2) is 0 Å². The summed E-state index contributed by atoms with van der Waals surface area (Å²) in [6, 6.07) is 5.01. The molecule has 1 aliphatic carbocycles. The van der Waals surface area contributed by atoms with Crippen molar-refractivity contribution in [2.24, 2.45) is 5.73 Å². The molecule has 3 nitrogen and oxygen atoms in total. The lowest BCUT2D eigenvalue weighted by Gasteiger charge is -2.06. The maximum Gasteiger partial charge on any atom is 0.324 e. The Morgan fingerprint density at radius 3 is 2.33 bits per heavy atom. The zero-order valence-corrected chi connectivity index (χ0v) is 9.22. The molecule has 1 aliphatic rings. The number of carbonyl (C=O) groups is 1. The molecule has 0 aliphatic heterocycles. The third-order valence-electron chi connectivity index (χ3n) is 2.69. The normalized spacial score (nSPS) is 28.9. The van der Waals surface area contributed by atoms with E-state index in [4.69, 9.17) is 34.0 Å². The van der Waals surface area contributed by atoms with Crippen LogP contribution in [-0.2, 0) is 4.79 Å². The van der Waals surface area contributed by atoms with Gasteiger partial charge in [0.1, 0.15) is 5.54 Å². The van der Waals surface area contributed by atoms with Gasteiger partial charge < -0.3 is 10.8 Å². The minimum Gasteiger partial charge on any atom is -0.480 e. The van der Waals surface area contributed by atoms with Crippen molar-refractivity contribution in [3.63, 3.8) is 0 Å². The molecule has 2 atom stereocenters. The van der Waals surface area contributed by atoms with Gasteiger partial charge in [-0.05, 0) is 30.2 Å². The lowest BCUT2D eigenvalue weighted by atomic mass is 10.1. The predicted molar refractivity (Wildman–Crippen MR) is 58.4 cm³/mol. The summed E-state index contributed by atoms with van der Waals surface area (Å²) in [5.41, 5.74) is 5.32. The van der Waals surface area contributed by atoms with Gasteiger partial charge in [0, 0.05) is 16.0 Å². The summed E-state index contributed by atoms with van der Waals surface area (Å²) in [5, 5.41) is 9.89. The first-order valence-electron chi connectivity index (χ1n) is 4.42. The summed E-state index contributed by atoms with van der Waals surface area (Å²) >= 11 is 11.6. The average molecular weight is 246 g/mol. The predicted octanol–water partition coefficient (Wildman–Crippen LogP) is 2.26. The van der Waals surface area contributed by atoms with Gasteiger partial charge in [0.2, 0.25) is 0 Å². The van der Waals surface area contributed by atoms with E-state index in [-0.39, 0.29) is 5.92 Å². The van der Waals surface area contributed by atoms with Crippen LogP contribution in [0.1, 0.15) is 17.9 Å². The van der Waals surface area contributed by atoms with Crippen LogP contribution in [0.5, 0.6) is 0 Å². The largest absolute Gasteiger partial charge is 0.480 e. The highest BCUT2D eigenvalue weighted by Crippen LogP contribution is 2.50. The minimum atomic E-state index is -1.14. The van der Waals surface area contributed by atoms with Crippen LogP contribution in [0.25, 0.3) is 0 Å². The molecule has 1 saturated carbocycles. The summed E-state index contributed by atoms with van der Waals surface area (Å²) in [6.07, 6.45) is 0.430. The van der Waals surface area contributed by atoms with Gasteiger partial charge >= 0.3 is 5.97 Å². The highest BCUT2D eigenvalue weighted by molar-refractivity contribution is 6.34. The van der Waals surface area contributed by atoms with Gasteiger partial charge in [-0.2, -0.15) is 0 Å². The SMILES string of the molecule is N[C@]1(C(=O)O)C[C@@H]1c1cc(Cl)cc(Cl)c1. The van der Waals surface area contributed by atoms with Crippen molar-refractivity contribution in [3.05, 3.63) is 33.8 Å². The molecule has 0 saturated heterocycles. The third kappa shape index (κ3) is 1.83. The minimum absolute atomic E-state index is 0.189. The Morgan fingerprint density at radius 1 is 1.40 bits per heavy atom. The van der Waals surface area contributed by atoms with Gasteiger partial charge in [0.25, 0.3) is 0 Å². The van der Waals surface area contributed by atoms with E-state index in [0.29, 0.717) is 16.5 Å². The van der Waals surface area contributed by atoms with Crippen LogP contribution in [0.15, 0.2) is 18.2 Å². The smallest absolute Gasteiger partial charge is 0.324 e. The van der Waals surface area contributed by atoms with Gasteiger partial charge in [0.05, 0.1) is 0 Å². The Hall–Kier alpha value is -0.770. The number of nitrogens with two attached hydrogens (primary N) is 1. The van der Waals surface area contributed by atoms with Gasteiger partial charge in [-0.1, -0.05) is 23.2 Å². The zero-order chi connectivity index (χ0) is 11.2. The molecule has 1 fully saturated rings. The van der Waals surface area contributed by atoms with Crippen molar-refractivity contribution >= 4 is 29.2 Å². The third-order valence-corrected chi connectivity index (χ3v) is 3.13. The van der Waals surface area contributed by atoms with Crippen molar-refractivity contribution in [1.29, 1.82) is 0 Å². The molecule has 2 rings (SSSR count). The molecule has 0 bridgehead atoms. The van der Waals surface area contributed by atoms with Crippen molar-refractivity contribution in [3.8, 4) is 0 Å². The van der Waals surface area contributed by atoms with Gasteiger partial charge in [-0.25, -0.2) is 0 Å². The highest BCUT2D eigenvalue weighted by Gasteiger charge is 2.58. The van der Waals surface area contributed by atoms with Crippen molar-refractivity contribution < 1.29 is 9.90 Å². The lowest BCUT2D eigenvalue weighted by Crippen LogP contribution is -2.34.